The molecule has 0 N–H and O–H groups in total. The Morgan fingerprint density at radius 3 is 2.60 bits per heavy atom. The van der Waals surface area contributed by atoms with Crippen molar-refractivity contribution < 1.29 is 9.67 Å². The number of hydrogen-bond acceptors (Lipinski definition) is 2. The van der Waals surface area contributed by atoms with E-state index < -0.39 is 0 Å². The zero-order valence-corrected chi connectivity index (χ0v) is 6.38. The Morgan fingerprint density at radius 1 is 1.50 bits per heavy atom. The average Bonchev–Trinajstić information content (AvgIpc) is 1.82. The number of aromatic nitrogens is 2. The summed E-state index contributed by atoms with van der Waals surface area (Å²) in [5.41, 5.74) is 1.83. The normalized spacial score (nSPS) is 9.90. The monoisotopic (exact) mass is 138 g/mol. The average molecular weight is 138 g/mol. The third-order valence-corrected chi connectivity index (χ3v) is 1.63. The molecule has 0 atom stereocenters. The van der Waals surface area contributed by atoms with Crippen LogP contribution in [0.15, 0.2) is 6.20 Å². The fraction of sp³-hybridized carbons (Fsp3) is 0.429. The van der Waals surface area contributed by atoms with Crippen LogP contribution in [-0.2, 0) is 7.05 Å². The topological polar surface area (TPSA) is 39.8 Å². The van der Waals surface area contributed by atoms with Crippen molar-refractivity contribution in [2.24, 2.45) is 7.05 Å². The van der Waals surface area contributed by atoms with Crippen molar-refractivity contribution in [3.8, 4) is 5.88 Å². The maximum Gasteiger partial charge on any atom is 0.199 e. The molecule has 0 aliphatic rings. The van der Waals surface area contributed by atoms with E-state index in [2.05, 4.69) is 4.98 Å². The van der Waals surface area contributed by atoms with Gasteiger partial charge in [0.1, 0.15) is 12.7 Å². The lowest BCUT2D eigenvalue weighted by atomic mass is 10.3. The van der Waals surface area contributed by atoms with Crippen molar-refractivity contribution in [2.75, 3.05) is 0 Å². The molecule has 1 aromatic rings. The van der Waals surface area contributed by atoms with Gasteiger partial charge in [0.25, 0.3) is 0 Å². The first-order valence-electron chi connectivity index (χ1n) is 3.12. The van der Waals surface area contributed by atoms with Crippen LogP contribution >= 0.6 is 0 Å². The Balaban J connectivity index is 3.31. The number of nitrogens with zero attached hydrogens (tertiary/aromatic N) is 2. The van der Waals surface area contributed by atoms with Crippen molar-refractivity contribution in [3.63, 3.8) is 0 Å². The highest BCUT2D eigenvalue weighted by molar-refractivity contribution is 5.06. The first-order chi connectivity index (χ1) is 4.61. The van der Waals surface area contributed by atoms with E-state index in [-0.39, 0.29) is 5.88 Å². The molecule has 0 saturated heterocycles. The standard InChI is InChI=1S/C7H10N2O/c1-5-6(2)9(3)4-7(10)8-5/h4H,1-3H3. The zero-order valence-electron chi connectivity index (χ0n) is 6.38. The van der Waals surface area contributed by atoms with Crippen molar-refractivity contribution >= 4 is 0 Å². The lowest BCUT2D eigenvalue weighted by molar-refractivity contribution is -0.681. The van der Waals surface area contributed by atoms with Gasteiger partial charge in [0.05, 0.1) is 5.88 Å². The van der Waals surface area contributed by atoms with E-state index in [1.54, 1.807) is 4.57 Å². The van der Waals surface area contributed by atoms with Crippen LogP contribution in [0.2, 0.25) is 0 Å². The van der Waals surface area contributed by atoms with Crippen LogP contribution in [0, 0.1) is 13.8 Å². The van der Waals surface area contributed by atoms with Gasteiger partial charge in [-0.1, -0.05) is 0 Å². The minimum Gasteiger partial charge on any atom is -0.854 e. The minimum atomic E-state index is -0.175. The Morgan fingerprint density at radius 2 is 2.10 bits per heavy atom. The quantitative estimate of drug-likeness (QED) is 0.457. The molecule has 0 aliphatic carbocycles. The molecule has 0 aromatic carbocycles. The van der Waals surface area contributed by atoms with E-state index in [0.29, 0.717) is 0 Å². The van der Waals surface area contributed by atoms with Crippen LogP contribution in [0.1, 0.15) is 11.4 Å². The molecule has 10 heavy (non-hydrogen) atoms. The summed E-state index contributed by atoms with van der Waals surface area (Å²) in [7, 11) is 1.84. The third kappa shape index (κ3) is 1.07. The van der Waals surface area contributed by atoms with E-state index in [4.69, 9.17) is 0 Å². The molecule has 3 nitrogen and oxygen atoms in total. The fourth-order valence-electron chi connectivity index (χ4n) is 0.793. The molecule has 0 unspecified atom stereocenters. The molecule has 0 saturated carbocycles. The van der Waals surface area contributed by atoms with Crippen LogP contribution < -0.4 is 9.67 Å². The lowest BCUT2D eigenvalue weighted by Gasteiger charge is -2.03. The highest BCUT2D eigenvalue weighted by atomic mass is 16.3. The second-order valence-electron chi connectivity index (χ2n) is 2.36. The van der Waals surface area contributed by atoms with Crippen LogP contribution in [0.25, 0.3) is 0 Å². The smallest absolute Gasteiger partial charge is 0.199 e. The number of rotatable bonds is 0. The highest BCUT2D eigenvalue weighted by Gasteiger charge is 2.03. The Bertz CT molecular complexity index is 235. The van der Waals surface area contributed by atoms with E-state index in [1.807, 2.05) is 20.9 Å². The Hall–Kier alpha value is -1.12. The first kappa shape index (κ1) is 6.99. The van der Waals surface area contributed by atoms with Crippen LogP contribution in [-0.4, -0.2) is 4.98 Å². The van der Waals surface area contributed by atoms with Gasteiger partial charge in [0, 0.05) is 6.92 Å². The summed E-state index contributed by atoms with van der Waals surface area (Å²) in [6.07, 6.45) is 1.47. The van der Waals surface area contributed by atoms with Gasteiger partial charge in [-0.05, 0) is 6.92 Å². The van der Waals surface area contributed by atoms with Crippen LogP contribution in [0.4, 0.5) is 0 Å². The first-order valence-corrected chi connectivity index (χ1v) is 3.12. The number of hydrogen-bond donors (Lipinski definition) is 0. The van der Waals surface area contributed by atoms with Crippen molar-refractivity contribution in [2.45, 2.75) is 13.8 Å². The minimum absolute atomic E-state index is 0.175. The van der Waals surface area contributed by atoms with Gasteiger partial charge in [0.2, 0.25) is 0 Å². The summed E-state index contributed by atoms with van der Waals surface area (Å²) >= 11 is 0. The zero-order chi connectivity index (χ0) is 7.72. The van der Waals surface area contributed by atoms with Gasteiger partial charge in [0.15, 0.2) is 11.9 Å². The Kier molecular flexibility index (Phi) is 1.57. The molecular formula is C7H10N2O. The molecule has 3 heteroatoms. The predicted octanol–water partition coefficient (Wildman–Crippen LogP) is -0.403. The highest BCUT2D eigenvalue weighted by Crippen LogP contribution is 1.99. The molecule has 0 bridgehead atoms. The van der Waals surface area contributed by atoms with Gasteiger partial charge in [-0.15, -0.1) is 0 Å². The summed E-state index contributed by atoms with van der Waals surface area (Å²) in [6.45, 7) is 3.76. The van der Waals surface area contributed by atoms with Gasteiger partial charge < -0.3 is 5.11 Å². The summed E-state index contributed by atoms with van der Waals surface area (Å²) < 4.78 is 1.78. The van der Waals surface area contributed by atoms with E-state index >= 15 is 0 Å². The van der Waals surface area contributed by atoms with Crippen molar-refractivity contribution in [3.05, 3.63) is 17.6 Å². The molecule has 0 spiro atoms. The molecule has 1 aromatic heterocycles. The van der Waals surface area contributed by atoms with Gasteiger partial charge >= 0.3 is 0 Å². The SMILES string of the molecule is Cc1nc([O-])c[n+](C)c1C. The van der Waals surface area contributed by atoms with E-state index in [9.17, 15) is 5.11 Å². The largest absolute Gasteiger partial charge is 0.854 e. The van der Waals surface area contributed by atoms with Crippen LogP contribution in [0.3, 0.4) is 0 Å². The Labute approximate surface area is 60.0 Å². The molecular weight excluding hydrogens is 128 g/mol. The summed E-state index contributed by atoms with van der Waals surface area (Å²) in [6, 6.07) is 0. The maximum atomic E-state index is 10.7. The third-order valence-electron chi connectivity index (χ3n) is 1.63. The molecule has 0 aliphatic heterocycles. The lowest BCUT2D eigenvalue weighted by Crippen LogP contribution is -2.33. The number of aryl methyl sites for hydroxylation is 2. The summed E-state index contributed by atoms with van der Waals surface area (Å²) in [4.78, 5) is 3.76. The second-order valence-corrected chi connectivity index (χ2v) is 2.36. The molecule has 0 fully saturated rings. The molecule has 0 radical (unpaired) electrons. The van der Waals surface area contributed by atoms with Crippen molar-refractivity contribution in [1.29, 1.82) is 0 Å². The maximum absolute atomic E-state index is 10.7. The van der Waals surface area contributed by atoms with Gasteiger partial charge in [-0.3, -0.25) is 4.98 Å². The van der Waals surface area contributed by atoms with E-state index in [1.165, 1.54) is 6.20 Å². The molecule has 0 amide bonds. The van der Waals surface area contributed by atoms with Gasteiger partial charge in [-0.2, -0.15) is 0 Å². The van der Waals surface area contributed by atoms with Gasteiger partial charge in [-0.25, -0.2) is 4.57 Å². The summed E-state index contributed by atoms with van der Waals surface area (Å²) in [5.74, 6) is -0.175. The molecule has 1 rings (SSSR count). The van der Waals surface area contributed by atoms with Crippen LogP contribution in [0.5, 0.6) is 5.88 Å². The van der Waals surface area contributed by atoms with E-state index in [0.717, 1.165) is 11.4 Å². The molecule has 1 heterocycles. The molecule has 54 valence electrons. The fourth-order valence-corrected chi connectivity index (χ4v) is 0.793. The second kappa shape index (κ2) is 2.25. The van der Waals surface area contributed by atoms with Crippen molar-refractivity contribution in [1.82, 2.24) is 4.98 Å². The summed E-state index contributed by atoms with van der Waals surface area (Å²) in [5, 5.41) is 10.7. The predicted molar refractivity (Wildman–Crippen MR) is 34.3 cm³/mol.